The molecular weight excluding hydrogens is 164 g/mol. The molecule has 1 heteroatoms. The van der Waals surface area contributed by atoms with Crippen LogP contribution < -0.4 is 0 Å². The molecule has 3 unspecified atom stereocenters. The second kappa shape index (κ2) is 2.94. The zero-order valence-corrected chi connectivity index (χ0v) is 9.29. The van der Waals surface area contributed by atoms with Crippen LogP contribution in [-0.4, -0.2) is 11.0 Å². The fourth-order valence-electron chi connectivity index (χ4n) is 2.74. The first kappa shape index (κ1) is 8.93. The number of fused-ring (bicyclic) bond motifs is 1. The summed E-state index contributed by atoms with van der Waals surface area (Å²) in [5.41, 5.74) is 0.554. The van der Waals surface area contributed by atoms with Crippen molar-refractivity contribution in [2.75, 3.05) is 5.75 Å². The molecule has 2 fully saturated rings. The zero-order chi connectivity index (χ0) is 8.77. The first-order valence-electron chi connectivity index (χ1n) is 5.18. The van der Waals surface area contributed by atoms with Crippen LogP contribution in [0.4, 0.5) is 0 Å². The van der Waals surface area contributed by atoms with Crippen molar-refractivity contribution in [1.29, 1.82) is 0 Å². The summed E-state index contributed by atoms with van der Waals surface area (Å²) < 4.78 is 0. The molecule has 2 aliphatic rings. The molecule has 3 atom stereocenters. The van der Waals surface area contributed by atoms with Gasteiger partial charge in [-0.3, -0.25) is 0 Å². The maximum Gasteiger partial charge on any atom is 0.0104 e. The maximum absolute atomic E-state index is 2.37. The average molecular weight is 184 g/mol. The Bertz CT molecular complexity index is 168. The zero-order valence-electron chi connectivity index (χ0n) is 8.47. The minimum absolute atomic E-state index is 0.554. The van der Waals surface area contributed by atoms with Crippen molar-refractivity contribution in [2.45, 2.75) is 45.3 Å². The molecule has 1 aliphatic heterocycles. The first-order chi connectivity index (χ1) is 5.56. The summed E-state index contributed by atoms with van der Waals surface area (Å²) >= 11 is 2.24. The lowest BCUT2D eigenvalue weighted by Gasteiger charge is -2.42. The van der Waals surface area contributed by atoms with Crippen LogP contribution in [0.2, 0.25) is 0 Å². The van der Waals surface area contributed by atoms with Gasteiger partial charge in [-0.2, -0.15) is 11.8 Å². The Morgan fingerprint density at radius 1 is 1.33 bits per heavy atom. The van der Waals surface area contributed by atoms with Gasteiger partial charge in [0.2, 0.25) is 0 Å². The first-order valence-corrected chi connectivity index (χ1v) is 6.23. The van der Waals surface area contributed by atoms with Gasteiger partial charge in [-0.25, -0.2) is 0 Å². The summed E-state index contributed by atoms with van der Waals surface area (Å²) in [7, 11) is 0. The monoisotopic (exact) mass is 184 g/mol. The molecule has 1 saturated heterocycles. The van der Waals surface area contributed by atoms with E-state index in [0.717, 1.165) is 17.1 Å². The van der Waals surface area contributed by atoms with Crippen molar-refractivity contribution >= 4 is 11.8 Å². The topological polar surface area (TPSA) is 0 Å². The lowest BCUT2D eigenvalue weighted by molar-refractivity contribution is 0.152. The summed E-state index contributed by atoms with van der Waals surface area (Å²) in [5.74, 6) is 3.61. The van der Waals surface area contributed by atoms with Gasteiger partial charge in [0.05, 0.1) is 0 Å². The number of hydrogen-bond acceptors (Lipinski definition) is 1. The van der Waals surface area contributed by atoms with Crippen LogP contribution in [0.1, 0.15) is 40.0 Å². The van der Waals surface area contributed by atoms with E-state index in [2.05, 4.69) is 32.5 Å². The smallest absolute Gasteiger partial charge is 0.0104 e. The standard InChI is InChI=1S/C11H20S/c1-11(2,3)7-9-6-8-4-5-12-10(8)9/h8-10H,4-7H2,1-3H3. The van der Waals surface area contributed by atoms with Crippen LogP contribution in [0.25, 0.3) is 0 Å². The van der Waals surface area contributed by atoms with Crippen molar-refractivity contribution in [2.24, 2.45) is 17.3 Å². The van der Waals surface area contributed by atoms with Gasteiger partial charge in [-0.05, 0) is 42.3 Å². The summed E-state index contributed by atoms with van der Waals surface area (Å²) in [6.45, 7) is 7.12. The molecule has 0 N–H and O–H groups in total. The third kappa shape index (κ3) is 1.66. The summed E-state index contributed by atoms with van der Waals surface area (Å²) in [5, 5.41) is 1.06. The van der Waals surface area contributed by atoms with Gasteiger partial charge in [-0.1, -0.05) is 20.8 Å². The molecule has 70 valence electrons. The van der Waals surface area contributed by atoms with Gasteiger partial charge < -0.3 is 0 Å². The molecule has 0 spiro atoms. The SMILES string of the molecule is CC(C)(C)CC1CC2CCSC21. The molecule has 0 bridgehead atoms. The molecule has 1 aliphatic carbocycles. The molecule has 0 aromatic carbocycles. The van der Waals surface area contributed by atoms with E-state index < -0.39 is 0 Å². The Morgan fingerprint density at radius 3 is 2.67 bits per heavy atom. The van der Waals surface area contributed by atoms with Gasteiger partial charge in [-0.15, -0.1) is 0 Å². The molecule has 0 aromatic heterocycles. The average Bonchev–Trinajstić information content (AvgIpc) is 2.24. The third-order valence-electron chi connectivity index (χ3n) is 3.21. The predicted molar refractivity (Wildman–Crippen MR) is 56.5 cm³/mol. The Balaban J connectivity index is 1.85. The van der Waals surface area contributed by atoms with Crippen molar-refractivity contribution in [1.82, 2.24) is 0 Å². The Hall–Kier alpha value is 0.350. The third-order valence-corrected chi connectivity index (χ3v) is 4.83. The summed E-state index contributed by atoms with van der Waals surface area (Å²) in [6, 6.07) is 0. The van der Waals surface area contributed by atoms with Gasteiger partial charge >= 0.3 is 0 Å². The van der Waals surface area contributed by atoms with Gasteiger partial charge in [0.15, 0.2) is 0 Å². The van der Waals surface area contributed by atoms with Crippen LogP contribution in [-0.2, 0) is 0 Å². The minimum atomic E-state index is 0.554. The van der Waals surface area contributed by atoms with Crippen LogP contribution in [0, 0.1) is 17.3 Å². The summed E-state index contributed by atoms with van der Waals surface area (Å²) in [6.07, 6.45) is 4.49. The Kier molecular flexibility index (Phi) is 2.18. The number of rotatable bonds is 1. The molecule has 0 aromatic rings. The van der Waals surface area contributed by atoms with E-state index in [1.165, 1.54) is 25.0 Å². The van der Waals surface area contributed by atoms with Crippen molar-refractivity contribution in [3.05, 3.63) is 0 Å². The van der Waals surface area contributed by atoms with Crippen LogP contribution in [0.3, 0.4) is 0 Å². The molecule has 1 heterocycles. The van der Waals surface area contributed by atoms with Gasteiger partial charge in [0.25, 0.3) is 0 Å². The fourth-order valence-corrected chi connectivity index (χ4v) is 4.45. The highest BCUT2D eigenvalue weighted by molar-refractivity contribution is 8.00. The highest BCUT2D eigenvalue weighted by Crippen LogP contribution is 2.53. The molecule has 0 radical (unpaired) electrons. The largest absolute Gasteiger partial charge is 0.158 e. The van der Waals surface area contributed by atoms with Crippen molar-refractivity contribution in [3.63, 3.8) is 0 Å². The van der Waals surface area contributed by atoms with Crippen molar-refractivity contribution < 1.29 is 0 Å². The number of thioether (sulfide) groups is 1. The summed E-state index contributed by atoms with van der Waals surface area (Å²) in [4.78, 5) is 0. The second-order valence-electron chi connectivity index (χ2n) is 5.64. The fraction of sp³-hybridized carbons (Fsp3) is 1.00. The van der Waals surface area contributed by atoms with E-state index in [1.54, 1.807) is 0 Å². The molecule has 0 amide bonds. The molecule has 12 heavy (non-hydrogen) atoms. The number of hydrogen-bond donors (Lipinski definition) is 0. The van der Waals surface area contributed by atoms with E-state index in [1.807, 2.05) is 0 Å². The molecule has 1 saturated carbocycles. The van der Waals surface area contributed by atoms with Crippen molar-refractivity contribution in [3.8, 4) is 0 Å². The molecule has 0 nitrogen and oxygen atoms in total. The predicted octanol–water partition coefficient (Wildman–Crippen LogP) is 3.56. The van der Waals surface area contributed by atoms with E-state index in [4.69, 9.17) is 0 Å². The lowest BCUT2D eigenvalue weighted by Crippen LogP contribution is -2.38. The highest BCUT2D eigenvalue weighted by atomic mass is 32.2. The van der Waals surface area contributed by atoms with E-state index in [-0.39, 0.29) is 0 Å². The van der Waals surface area contributed by atoms with Crippen LogP contribution in [0.5, 0.6) is 0 Å². The second-order valence-corrected chi connectivity index (χ2v) is 6.93. The van der Waals surface area contributed by atoms with E-state index in [0.29, 0.717) is 5.41 Å². The van der Waals surface area contributed by atoms with E-state index in [9.17, 15) is 0 Å². The normalized spacial score (nSPS) is 40.8. The quantitative estimate of drug-likeness (QED) is 0.600. The van der Waals surface area contributed by atoms with Crippen LogP contribution >= 0.6 is 11.8 Å². The lowest BCUT2D eigenvalue weighted by atomic mass is 9.67. The minimum Gasteiger partial charge on any atom is -0.158 e. The van der Waals surface area contributed by atoms with Gasteiger partial charge in [0, 0.05) is 5.25 Å². The molecule has 2 rings (SSSR count). The maximum atomic E-state index is 2.37. The Morgan fingerprint density at radius 2 is 2.08 bits per heavy atom. The van der Waals surface area contributed by atoms with Gasteiger partial charge in [0.1, 0.15) is 0 Å². The highest BCUT2D eigenvalue weighted by Gasteiger charge is 2.45. The van der Waals surface area contributed by atoms with E-state index >= 15 is 0 Å². The Labute approximate surface area is 80.5 Å². The van der Waals surface area contributed by atoms with Crippen LogP contribution in [0.15, 0.2) is 0 Å². The molecular formula is C11H20S.